The van der Waals surface area contributed by atoms with Crippen LogP contribution in [0.1, 0.15) is 69.2 Å². The first-order valence-electron chi connectivity index (χ1n) is 9.45. The number of hydrogen-bond donors (Lipinski definition) is 3. The first-order chi connectivity index (χ1) is 12.0. The molecule has 1 aliphatic carbocycles. The van der Waals surface area contributed by atoms with Gasteiger partial charge in [0.2, 0.25) is 5.91 Å². The van der Waals surface area contributed by atoms with E-state index in [0.717, 1.165) is 38.5 Å². The number of carbonyl (C=O) groups is 2. The Morgan fingerprint density at radius 3 is 2.48 bits per heavy atom. The van der Waals surface area contributed by atoms with Crippen LogP contribution in [0, 0.1) is 5.92 Å². The Kier molecular flexibility index (Phi) is 7.00. The molecular formula is C20H31N3O2. The van der Waals surface area contributed by atoms with Crippen LogP contribution in [0.3, 0.4) is 0 Å². The summed E-state index contributed by atoms with van der Waals surface area (Å²) in [6.07, 6.45) is 6.99. The van der Waals surface area contributed by atoms with Crippen molar-refractivity contribution in [1.29, 1.82) is 0 Å². The van der Waals surface area contributed by atoms with Gasteiger partial charge in [-0.25, -0.2) is 0 Å². The second-order valence-electron chi connectivity index (χ2n) is 7.16. The van der Waals surface area contributed by atoms with E-state index in [0.29, 0.717) is 17.8 Å². The molecular weight excluding hydrogens is 314 g/mol. The first kappa shape index (κ1) is 19.4. The van der Waals surface area contributed by atoms with Crippen LogP contribution in [-0.4, -0.2) is 23.9 Å². The minimum atomic E-state index is -0.373. The molecule has 0 heterocycles. The lowest BCUT2D eigenvalue weighted by Gasteiger charge is -2.26. The van der Waals surface area contributed by atoms with Crippen LogP contribution < -0.4 is 16.4 Å². The van der Waals surface area contributed by atoms with Gasteiger partial charge in [-0.3, -0.25) is 9.59 Å². The van der Waals surface area contributed by atoms with E-state index in [-0.39, 0.29) is 23.3 Å². The van der Waals surface area contributed by atoms with Crippen molar-refractivity contribution in [3.05, 3.63) is 29.8 Å². The van der Waals surface area contributed by atoms with Crippen molar-refractivity contribution in [2.45, 2.75) is 64.3 Å². The van der Waals surface area contributed by atoms with Gasteiger partial charge in [-0.1, -0.05) is 39.2 Å². The van der Waals surface area contributed by atoms with E-state index in [1.165, 1.54) is 6.42 Å². The van der Waals surface area contributed by atoms with Crippen LogP contribution in [0.4, 0.5) is 5.69 Å². The third kappa shape index (κ3) is 5.56. The normalized spacial score (nSPS) is 15.6. The van der Waals surface area contributed by atoms with E-state index < -0.39 is 0 Å². The number of nitrogens with one attached hydrogen (secondary N) is 2. The quantitative estimate of drug-likeness (QED) is 0.707. The smallest absolute Gasteiger partial charge is 0.251 e. The maximum atomic E-state index is 12.4. The van der Waals surface area contributed by atoms with Crippen molar-refractivity contribution in [3.8, 4) is 0 Å². The molecule has 0 saturated heterocycles. The molecule has 0 aromatic heterocycles. The van der Waals surface area contributed by atoms with Crippen LogP contribution in [-0.2, 0) is 4.79 Å². The van der Waals surface area contributed by atoms with E-state index in [4.69, 9.17) is 5.73 Å². The van der Waals surface area contributed by atoms with Gasteiger partial charge in [-0.05, 0) is 43.9 Å². The molecule has 0 bridgehead atoms. The van der Waals surface area contributed by atoms with Crippen molar-refractivity contribution in [2.24, 2.45) is 11.7 Å². The van der Waals surface area contributed by atoms with Crippen LogP contribution in [0.25, 0.3) is 0 Å². The number of nitrogens with two attached hydrogens (primary N) is 1. The Labute approximate surface area is 150 Å². The molecule has 2 rings (SSSR count). The van der Waals surface area contributed by atoms with Crippen molar-refractivity contribution in [3.63, 3.8) is 0 Å². The van der Waals surface area contributed by atoms with Gasteiger partial charge in [-0.2, -0.15) is 0 Å². The lowest BCUT2D eigenvalue weighted by molar-refractivity contribution is -0.120. The van der Waals surface area contributed by atoms with Gasteiger partial charge < -0.3 is 16.4 Å². The second-order valence-corrected chi connectivity index (χ2v) is 7.16. The van der Waals surface area contributed by atoms with Crippen molar-refractivity contribution in [2.75, 3.05) is 11.9 Å². The highest BCUT2D eigenvalue weighted by Gasteiger charge is 2.22. The number of benzene rings is 1. The monoisotopic (exact) mass is 345 g/mol. The molecule has 0 radical (unpaired) electrons. The standard InChI is InChI=1S/C20H31N3O2/c1-3-20(21,4-2)14-22-18(24)16-11-8-12-17(13-16)23-19(25)15-9-6-5-7-10-15/h8,11-13,15H,3-7,9-10,14,21H2,1-2H3,(H,22,24)(H,23,25). The fourth-order valence-electron chi connectivity index (χ4n) is 3.21. The first-order valence-corrected chi connectivity index (χ1v) is 9.45. The average molecular weight is 345 g/mol. The Morgan fingerprint density at radius 1 is 1.16 bits per heavy atom. The molecule has 1 aromatic rings. The number of anilines is 1. The Bertz CT molecular complexity index is 590. The average Bonchev–Trinajstić information content (AvgIpc) is 2.66. The Morgan fingerprint density at radius 2 is 1.84 bits per heavy atom. The van der Waals surface area contributed by atoms with Crippen LogP contribution in [0.5, 0.6) is 0 Å². The van der Waals surface area contributed by atoms with Gasteiger partial charge >= 0.3 is 0 Å². The van der Waals surface area contributed by atoms with E-state index in [1.54, 1.807) is 18.2 Å². The molecule has 1 saturated carbocycles. The van der Waals surface area contributed by atoms with Crippen molar-refractivity contribution in [1.82, 2.24) is 5.32 Å². The third-order valence-corrected chi connectivity index (χ3v) is 5.38. The molecule has 4 N–H and O–H groups in total. The summed E-state index contributed by atoms with van der Waals surface area (Å²) in [4.78, 5) is 24.7. The zero-order chi connectivity index (χ0) is 18.3. The second kappa shape index (κ2) is 8.99. The maximum Gasteiger partial charge on any atom is 0.251 e. The highest BCUT2D eigenvalue weighted by molar-refractivity contribution is 5.97. The SMILES string of the molecule is CCC(N)(CC)CNC(=O)c1cccc(NC(=O)C2CCCCC2)c1. The molecule has 138 valence electrons. The Balaban J connectivity index is 1.95. The van der Waals surface area contributed by atoms with Crippen LogP contribution in [0.15, 0.2) is 24.3 Å². The number of carbonyl (C=O) groups excluding carboxylic acids is 2. The highest BCUT2D eigenvalue weighted by atomic mass is 16.2. The molecule has 0 spiro atoms. The molecule has 0 atom stereocenters. The molecule has 25 heavy (non-hydrogen) atoms. The molecule has 0 aliphatic heterocycles. The van der Waals surface area contributed by atoms with Gasteiger partial charge in [0, 0.05) is 29.3 Å². The van der Waals surface area contributed by atoms with Crippen molar-refractivity contribution < 1.29 is 9.59 Å². The summed E-state index contributed by atoms with van der Waals surface area (Å²) < 4.78 is 0. The minimum absolute atomic E-state index is 0.0650. The predicted molar refractivity (Wildman–Crippen MR) is 101 cm³/mol. The summed E-state index contributed by atoms with van der Waals surface area (Å²) in [5.74, 6) is -0.00103. The summed E-state index contributed by atoms with van der Waals surface area (Å²) in [5, 5.41) is 5.87. The summed E-state index contributed by atoms with van der Waals surface area (Å²) in [6, 6.07) is 7.09. The molecule has 0 unspecified atom stereocenters. The van der Waals surface area contributed by atoms with E-state index in [1.807, 2.05) is 19.9 Å². The molecule has 5 heteroatoms. The lowest BCUT2D eigenvalue weighted by Crippen LogP contribution is -2.49. The van der Waals surface area contributed by atoms with E-state index >= 15 is 0 Å². The van der Waals surface area contributed by atoms with Gasteiger partial charge in [-0.15, -0.1) is 0 Å². The predicted octanol–water partition coefficient (Wildman–Crippen LogP) is 3.45. The third-order valence-electron chi connectivity index (χ3n) is 5.38. The lowest BCUT2D eigenvalue weighted by atomic mass is 9.88. The highest BCUT2D eigenvalue weighted by Crippen LogP contribution is 2.25. The number of hydrogen-bond acceptors (Lipinski definition) is 3. The van der Waals surface area contributed by atoms with E-state index in [2.05, 4.69) is 10.6 Å². The Hall–Kier alpha value is -1.88. The molecule has 5 nitrogen and oxygen atoms in total. The largest absolute Gasteiger partial charge is 0.350 e. The fraction of sp³-hybridized carbons (Fsp3) is 0.600. The van der Waals surface area contributed by atoms with Gasteiger partial charge in [0.25, 0.3) is 5.91 Å². The van der Waals surface area contributed by atoms with Crippen LogP contribution in [0.2, 0.25) is 0 Å². The molecule has 1 fully saturated rings. The summed E-state index contributed by atoms with van der Waals surface area (Å²) >= 11 is 0. The minimum Gasteiger partial charge on any atom is -0.350 e. The summed E-state index contributed by atoms with van der Waals surface area (Å²) in [5.41, 5.74) is 7.07. The fourth-order valence-corrected chi connectivity index (χ4v) is 3.21. The number of rotatable bonds is 7. The van der Waals surface area contributed by atoms with Crippen molar-refractivity contribution >= 4 is 17.5 Å². The van der Waals surface area contributed by atoms with Gasteiger partial charge in [0.15, 0.2) is 0 Å². The molecule has 1 aromatic carbocycles. The zero-order valence-electron chi connectivity index (χ0n) is 15.4. The number of amides is 2. The topological polar surface area (TPSA) is 84.2 Å². The zero-order valence-corrected chi connectivity index (χ0v) is 15.4. The molecule has 1 aliphatic rings. The molecule has 2 amide bonds. The summed E-state index contributed by atoms with van der Waals surface area (Å²) in [6.45, 7) is 4.49. The maximum absolute atomic E-state index is 12.4. The van der Waals surface area contributed by atoms with E-state index in [9.17, 15) is 9.59 Å². The van der Waals surface area contributed by atoms with Crippen LogP contribution >= 0.6 is 0 Å². The summed E-state index contributed by atoms with van der Waals surface area (Å²) in [7, 11) is 0. The van der Waals surface area contributed by atoms with Gasteiger partial charge in [0.1, 0.15) is 0 Å². The van der Waals surface area contributed by atoms with Gasteiger partial charge in [0.05, 0.1) is 0 Å².